The average Bonchev–Trinajstić information content (AvgIpc) is 2.55. The van der Waals surface area contributed by atoms with Crippen molar-refractivity contribution in [1.82, 2.24) is 0 Å². The van der Waals surface area contributed by atoms with Gasteiger partial charge >= 0.3 is 0 Å². The smallest absolute Gasteiger partial charge is 0.0535 e. The molecule has 0 N–H and O–H groups in total. The summed E-state index contributed by atoms with van der Waals surface area (Å²) >= 11 is 0. The van der Waals surface area contributed by atoms with E-state index in [1.807, 2.05) is 0 Å². The van der Waals surface area contributed by atoms with Crippen LogP contribution in [0.25, 0.3) is 0 Å². The van der Waals surface area contributed by atoms with E-state index in [1.54, 1.807) is 56.3 Å². The van der Waals surface area contributed by atoms with Crippen molar-refractivity contribution in [1.29, 1.82) is 0 Å². The molecule has 0 aromatic rings. The normalized spacial score (nSPS) is 17.7. The Kier molecular flexibility index (Phi) is 12.6. The lowest BCUT2D eigenvalue weighted by atomic mass is 10.1. The van der Waals surface area contributed by atoms with Gasteiger partial charge < -0.3 is 0 Å². The number of unbranched alkanes of at least 4 members (excludes halogenated alkanes) is 10. The number of hydrogen-bond donors (Lipinski definition) is 0. The first-order chi connectivity index (χ1) is 10.8. The molecule has 1 heteroatoms. The summed E-state index contributed by atoms with van der Waals surface area (Å²) in [5.74, 6) is 0. The molecule has 0 spiro atoms. The summed E-state index contributed by atoms with van der Waals surface area (Å²) in [5.41, 5.74) is 0. The Morgan fingerprint density at radius 1 is 0.500 bits per heavy atom. The molecule has 1 fully saturated rings. The van der Waals surface area contributed by atoms with Crippen LogP contribution in [0, 0.1) is 0 Å². The molecule has 0 atom stereocenters. The van der Waals surface area contributed by atoms with Crippen molar-refractivity contribution in [2.45, 2.75) is 134 Å². The SMILES string of the molecule is CCCCCCCC[Si]1(CCCCCCCC)CCCCC1. The van der Waals surface area contributed by atoms with E-state index >= 15 is 0 Å². The summed E-state index contributed by atoms with van der Waals surface area (Å²) in [5, 5.41) is 0. The Labute approximate surface area is 142 Å². The second kappa shape index (κ2) is 13.6. The van der Waals surface area contributed by atoms with Crippen LogP contribution >= 0.6 is 0 Å². The lowest BCUT2D eigenvalue weighted by Gasteiger charge is -2.36. The van der Waals surface area contributed by atoms with Crippen LogP contribution < -0.4 is 0 Å². The summed E-state index contributed by atoms with van der Waals surface area (Å²) in [7, 11) is -0.820. The van der Waals surface area contributed by atoms with E-state index < -0.39 is 8.07 Å². The van der Waals surface area contributed by atoms with Gasteiger partial charge in [-0.05, 0) is 0 Å². The Morgan fingerprint density at radius 3 is 1.36 bits per heavy atom. The molecule has 22 heavy (non-hydrogen) atoms. The summed E-state index contributed by atoms with van der Waals surface area (Å²) in [6.45, 7) is 4.65. The largest absolute Gasteiger partial charge is 0.0654 e. The Morgan fingerprint density at radius 2 is 0.909 bits per heavy atom. The van der Waals surface area contributed by atoms with Crippen LogP contribution in [0.1, 0.15) is 110 Å². The third-order valence-corrected chi connectivity index (χ3v) is 11.7. The Bertz CT molecular complexity index is 212. The monoisotopic (exact) mass is 324 g/mol. The number of rotatable bonds is 14. The summed E-state index contributed by atoms with van der Waals surface area (Å²) in [6, 6.07) is 6.76. The molecule has 0 aliphatic carbocycles. The van der Waals surface area contributed by atoms with Crippen molar-refractivity contribution in [3.05, 3.63) is 0 Å². The molecule has 0 bridgehead atoms. The summed E-state index contributed by atoms with van der Waals surface area (Å²) < 4.78 is 0. The molecule has 0 radical (unpaired) electrons. The van der Waals surface area contributed by atoms with Gasteiger partial charge in [0.1, 0.15) is 0 Å². The van der Waals surface area contributed by atoms with E-state index in [0.29, 0.717) is 0 Å². The molecule has 1 aliphatic rings. The second-order valence-electron chi connectivity index (χ2n) is 8.10. The van der Waals surface area contributed by atoms with E-state index in [2.05, 4.69) is 13.8 Å². The van der Waals surface area contributed by atoms with Gasteiger partial charge in [-0.2, -0.15) is 0 Å². The fourth-order valence-corrected chi connectivity index (χ4v) is 9.99. The first kappa shape index (κ1) is 20.3. The molecule has 1 heterocycles. The van der Waals surface area contributed by atoms with E-state index in [1.165, 1.54) is 64.2 Å². The highest BCUT2D eigenvalue weighted by atomic mass is 28.3. The zero-order chi connectivity index (χ0) is 15.9. The highest BCUT2D eigenvalue weighted by Gasteiger charge is 2.32. The Hall–Kier alpha value is 0.217. The van der Waals surface area contributed by atoms with Crippen molar-refractivity contribution >= 4 is 8.07 Å². The minimum atomic E-state index is -0.820. The van der Waals surface area contributed by atoms with E-state index in [-0.39, 0.29) is 0 Å². The standard InChI is InChI=1S/C21H44Si/c1-3-5-7-9-11-14-18-22(20-16-13-17-21-22)19-15-12-10-8-6-4-2/h3-21H2,1-2H3. The molecule has 0 saturated carbocycles. The van der Waals surface area contributed by atoms with Crippen LogP contribution in [0.3, 0.4) is 0 Å². The lowest BCUT2D eigenvalue weighted by molar-refractivity contribution is 0.604. The minimum absolute atomic E-state index is 0.820. The molecule has 1 saturated heterocycles. The van der Waals surface area contributed by atoms with E-state index in [9.17, 15) is 0 Å². The maximum absolute atomic E-state index is 2.32. The first-order valence-corrected chi connectivity index (χ1v) is 13.7. The topological polar surface area (TPSA) is 0 Å². The average molecular weight is 325 g/mol. The van der Waals surface area contributed by atoms with Crippen molar-refractivity contribution in [2.24, 2.45) is 0 Å². The van der Waals surface area contributed by atoms with E-state index in [4.69, 9.17) is 0 Å². The van der Waals surface area contributed by atoms with E-state index in [0.717, 1.165) is 0 Å². The van der Waals surface area contributed by atoms with Gasteiger partial charge in [-0.25, -0.2) is 0 Å². The van der Waals surface area contributed by atoms with Crippen molar-refractivity contribution in [3.8, 4) is 0 Å². The van der Waals surface area contributed by atoms with Crippen molar-refractivity contribution < 1.29 is 0 Å². The Balaban J connectivity index is 2.17. The van der Waals surface area contributed by atoms with Gasteiger partial charge in [0.05, 0.1) is 8.07 Å². The summed E-state index contributed by atoms with van der Waals surface area (Å²) in [4.78, 5) is 0. The molecule has 0 nitrogen and oxygen atoms in total. The van der Waals surface area contributed by atoms with Gasteiger partial charge in [0.25, 0.3) is 0 Å². The zero-order valence-corrected chi connectivity index (χ0v) is 16.9. The lowest BCUT2D eigenvalue weighted by Crippen LogP contribution is -2.35. The van der Waals surface area contributed by atoms with Gasteiger partial charge in [-0.3, -0.25) is 0 Å². The van der Waals surface area contributed by atoms with Gasteiger partial charge in [-0.15, -0.1) is 0 Å². The first-order valence-electron chi connectivity index (χ1n) is 10.8. The second-order valence-corrected chi connectivity index (χ2v) is 13.1. The van der Waals surface area contributed by atoms with Gasteiger partial charge in [0, 0.05) is 0 Å². The minimum Gasteiger partial charge on any atom is -0.0654 e. The molecule has 0 aromatic heterocycles. The maximum Gasteiger partial charge on any atom is 0.0535 e. The summed E-state index contributed by atoms with van der Waals surface area (Å²) in [6.07, 6.45) is 22.6. The molecule has 0 amide bonds. The fourth-order valence-electron chi connectivity index (χ4n) is 4.49. The van der Waals surface area contributed by atoms with Crippen LogP contribution in [0.4, 0.5) is 0 Å². The molecular formula is C21H44Si. The van der Waals surface area contributed by atoms with Crippen LogP contribution in [-0.4, -0.2) is 8.07 Å². The third-order valence-electron chi connectivity index (χ3n) is 6.04. The fraction of sp³-hybridized carbons (Fsp3) is 1.00. The molecule has 132 valence electrons. The van der Waals surface area contributed by atoms with Crippen molar-refractivity contribution in [3.63, 3.8) is 0 Å². The quantitative estimate of drug-likeness (QED) is 0.222. The zero-order valence-electron chi connectivity index (χ0n) is 15.9. The predicted octanol–water partition coefficient (Wildman–Crippen LogP) is 8.34. The van der Waals surface area contributed by atoms with Crippen molar-refractivity contribution in [2.75, 3.05) is 0 Å². The van der Waals surface area contributed by atoms with Gasteiger partial charge in [0.15, 0.2) is 0 Å². The maximum atomic E-state index is 2.32. The van der Waals surface area contributed by atoms with Crippen LogP contribution in [0.2, 0.25) is 24.2 Å². The molecule has 1 aliphatic heterocycles. The van der Waals surface area contributed by atoms with Gasteiger partial charge in [0.2, 0.25) is 0 Å². The van der Waals surface area contributed by atoms with Gasteiger partial charge in [-0.1, -0.05) is 134 Å². The molecule has 1 rings (SSSR count). The van der Waals surface area contributed by atoms with Crippen LogP contribution in [-0.2, 0) is 0 Å². The van der Waals surface area contributed by atoms with Crippen LogP contribution in [0.5, 0.6) is 0 Å². The van der Waals surface area contributed by atoms with Crippen LogP contribution in [0.15, 0.2) is 0 Å². The molecule has 0 aromatic carbocycles. The highest BCUT2D eigenvalue weighted by Crippen LogP contribution is 2.38. The molecular weight excluding hydrogens is 280 g/mol. The highest BCUT2D eigenvalue weighted by molar-refractivity contribution is 6.80. The predicted molar refractivity (Wildman–Crippen MR) is 106 cm³/mol. The number of hydrogen-bond acceptors (Lipinski definition) is 0. The third kappa shape index (κ3) is 9.38. The molecule has 0 unspecified atom stereocenters.